The highest BCUT2D eigenvalue weighted by Gasteiger charge is 2.19. The van der Waals surface area contributed by atoms with Crippen LogP contribution in [0.15, 0.2) is 28.7 Å². The van der Waals surface area contributed by atoms with Gasteiger partial charge in [-0.2, -0.15) is 0 Å². The SMILES string of the molecule is Cc1nnc(CN2CCN(c3ccc([N+](=O)[O-])cc3)CC2)o1. The lowest BCUT2D eigenvalue weighted by atomic mass is 10.2. The third-order valence-corrected chi connectivity index (χ3v) is 3.72. The Morgan fingerprint density at radius 1 is 1.18 bits per heavy atom. The number of benzene rings is 1. The molecule has 1 aliphatic rings. The van der Waals surface area contributed by atoms with Gasteiger partial charge in [-0.3, -0.25) is 15.0 Å². The maximum Gasteiger partial charge on any atom is 0.269 e. The van der Waals surface area contributed by atoms with Gasteiger partial charge in [-0.15, -0.1) is 10.2 Å². The summed E-state index contributed by atoms with van der Waals surface area (Å²) in [6.07, 6.45) is 0. The Hall–Kier alpha value is -2.48. The molecule has 8 nitrogen and oxygen atoms in total. The lowest BCUT2D eigenvalue weighted by molar-refractivity contribution is -0.384. The molecule has 0 radical (unpaired) electrons. The Bertz CT molecular complexity index is 647. The molecule has 2 heterocycles. The molecule has 1 aromatic carbocycles. The summed E-state index contributed by atoms with van der Waals surface area (Å²) in [6, 6.07) is 6.69. The van der Waals surface area contributed by atoms with E-state index in [9.17, 15) is 10.1 Å². The van der Waals surface area contributed by atoms with Gasteiger partial charge in [-0.1, -0.05) is 0 Å². The van der Waals surface area contributed by atoms with Gasteiger partial charge in [0, 0.05) is 50.9 Å². The van der Waals surface area contributed by atoms with Gasteiger partial charge in [-0.05, 0) is 12.1 Å². The van der Waals surface area contributed by atoms with Crippen LogP contribution in [0.4, 0.5) is 11.4 Å². The zero-order chi connectivity index (χ0) is 15.5. The van der Waals surface area contributed by atoms with Crippen LogP contribution in [0.2, 0.25) is 0 Å². The molecule has 1 saturated heterocycles. The second-order valence-electron chi connectivity index (χ2n) is 5.25. The van der Waals surface area contributed by atoms with Crippen LogP contribution in [-0.4, -0.2) is 46.2 Å². The molecule has 116 valence electrons. The highest BCUT2D eigenvalue weighted by Crippen LogP contribution is 2.21. The molecule has 0 spiro atoms. The molecule has 1 fully saturated rings. The molecule has 0 aliphatic carbocycles. The molecule has 1 aliphatic heterocycles. The van der Waals surface area contributed by atoms with Gasteiger partial charge < -0.3 is 9.32 Å². The Labute approximate surface area is 127 Å². The lowest BCUT2D eigenvalue weighted by Gasteiger charge is -2.35. The zero-order valence-electron chi connectivity index (χ0n) is 12.3. The van der Waals surface area contributed by atoms with Gasteiger partial charge in [0.2, 0.25) is 11.8 Å². The van der Waals surface area contributed by atoms with Crippen molar-refractivity contribution in [2.75, 3.05) is 31.1 Å². The van der Waals surface area contributed by atoms with Crippen LogP contribution in [0, 0.1) is 17.0 Å². The summed E-state index contributed by atoms with van der Waals surface area (Å²) >= 11 is 0. The van der Waals surface area contributed by atoms with E-state index in [1.54, 1.807) is 31.2 Å². The predicted octanol–water partition coefficient (Wildman–Crippen LogP) is 1.61. The summed E-state index contributed by atoms with van der Waals surface area (Å²) in [5.41, 5.74) is 1.13. The maximum absolute atomic E-state index is 10.7. The first-order valence-corrected chi connectivity index (χ1v) is 7.12. The van der Waals surface area contributed by atoms with E-state index < -0.39 is 0 Å². The molecule has 2 aromatic rings. The Morgan fingerprint density at radius 2 is 1.86 bits per heavy atom. The smallest absolute Gasteiger partial charge is 0.269 e. The number of aromatic nitrogens is 2. The third-order valence-electron chi connectivity index (χ3n) is 3.72. The lowest BCUT2D eigenvalue weighted by Crippen LogP contribution is -2.46. The first-order chi connectivity index (χ1) is 10.6. The number of nitro benzene ring substituents is 1. The highest BCUT2D eigenvalue weighted by atomic mass is 16.6. The van der Waals surface area contributed by atoms with Crippen molar-refractivity contribution >= 4 is 11.4 Å². The van der Waals surface area contributed by atoms with Crippen molar-refractivity contribution in [3.8, 4) is 0 Å². The molecule has 1 aromatic heterocycles. The van der Waals surface area contributed by atoms with E-state index in [1.807, 2.05) is 0 Å². The van der Waals surface area contributed by atoms with Crippen molar-refractivity contribution in [2.24, 2.45) is 0 Å². The second kappa shape index (κ2) is 6.10. The summed E-state index contributed by atoms with van der Waals surface area (Å²) in [5.74, 6) is 1.22. The van der Waals surface area contributed by atoms with Crippen LogP contribution in [0.25, 0.3) is 0 Å². The summed E-state index contributed by atoms with van der Waals surface area (Å²) in [7, 11) is 0. The van der Waals surface area contributed by atoms with Gasteiger partial charge in [0.05, 0.1) is 11.5 Å². The Morgan fingerprint density at radius 3 is 2.41 bits per heavy atom. The zero-order valence-corrected chi connectivity index (χ0v) is 12.3. The van der Waals surface area contributed by atoms with Crippen LogP contribution < -0.4 is 4.90 Å². The average Bonchev–Trinajstić information content (AvgIpc) is 2.93. The fourth-order valence-electron chi connectivity index (χ4n) is 2.54. The van der Waals surface area contributed by atoms with Crippen LogP contribution in [0.1, 0.15) is 11.8 Å². The van der Waals surface area contributed by atoms with Crippen molar-refractivity contribution in [1.82, 2.24) is 15.1 Å². The molecular weight excluding hydrogens is 286 g/mol. The van der Waals surface area contributed by atoms with E-state index >= 15 is 0 Å². The number of hydrogen-bond acceptors (Lipinski definition) is 7. The van der Waals surface area contributed by atoms with Crippen molar-refractivity contribution in [2.45, 2.75) is 13.5 Å². The first kappa shape index (κ1) is 14.5. The van der Waals surface area contributed by atoms with E-state index in [-0.39, 0.29) is 10.6 Å². The molecular formula is C14H17N5O3. The van der Waals surface area contributed by atoms with E-state index in [0.29, 0.717) is 18.3 Å². The van der Waals surface area contributed by atoms with Gasteiger partial charge >= 0.3 is 0 Å². The summed E-state index contributed by atoms with van der Waals surface area (Å²) < 4.78 is 5.39. The van der Waals surface area contributed by atoms with Crippen molar-refractivity contribution < 1.29 is 9.34 Å². The van der Waals surface area contributed by atoms with E-state index in [0.717, 1.165) is 31.9 Å². The quantitative estimate of drug-likeness (QED) is 0.626. The van der Waals surface area contributed by atoms with Crippen LogP contribution >= 0.6 is 0 Å². The van der Waals surface area contributed by atoms with E-state index in [2.05, 4.69) is 20.0 Å². The minimum absolute atomic E-state index is 0.120. The number of nitro groups is 1. The number of non-ortho nitro benzene ring substituents is 1. The molecule has 0 saturated carbocycles. The number of rotatable bonds is 4. The largest absolute Gasteiger partial charge is 0.424 e. The van der Waals surface area contributed by atoms with Gasteiger partial charge in [0.25, 0.3) is 5.69 Å². The number of piperazine rings is 1. The third kappa shape index (κ3) is 3.22. The van der Waals surface area contributed by atoms with Gasteiger partial charge in [0.1, 0.15) is 0 Å². The summed E-state index contributed by atoms with van der Waals surface area (Å²) in [5, 5.41) is 18.5. The highest BCUT2D eigenvalue weighted by molar-refractivity contribution is 5.51. The summed E-state index contributed by atoms with van der Waals surface area (Å²) in [6.45, 7) is 5.95. The average molecular weight is 303 g/mol. The molecule has 3 rings (SSSR count). The monoisotopic (exact) mass is 303 g/mol. The van der Waals surface area contributed by atoms with Crippen molar-refractivity contribution in [3.63, 3.8) is 0 Å². The topological polar surface area (TPSA) is 88.5 Å². The van der Waals surface area contributed by atoms with Gasteiger partial charge in [0.15, 0.2) is 0 Å². The Balaban J connectivity index is 1.56. The van der Waals surface area contributed by atoms with E-state index in [1.165, 1.54) is 0 Å². The minimum atomic E-state index is -0.381. The first-order valence-electron chi connectivity index (χ1n) is 7.12. The number of nitrogens with zero attached hydrogens (tertiary/aromatic N) is 5. The molecule has 0 N–H and O–H groups in total. The fourth-order valence-corrected chi connectivity index (χ4v) is 2.54. The van der Waals surface area contributed by atoms with E-state index in [4.69, 9.17) is 4.42 Å². The molecule has 0 bridgehead atoms. The minimum Gasteiger partial charge on any atom is -0.424 e. The summed E-state index contributed by atoms with van der Waals surface area (Å²) in [4.78, 5) is 14.8. The molecule has 0 amide bonds. The number of hydrogen-bond donors (Lipinski definition) is 0. The van der Waals surface area contributed by atoms with Crippen molar-refractivity contribution in [1.29, 1.82) is 0 Å². The maximum atomic E-state index is 10.7. The van der Waals surface area contributed by atoms with Crippen LogP contribution in [0.5, 0.6) is 0 Å². The van der Waals surface area contributed by atoms with Gasteiger partial charge in [-0.25, -0.2) is 0 Å². The molecule has 0 atom stereocenters. The standard InChI is InChI=1S/C14H17N5O3/c1-11-15-16-14(22-11)10-17-6-8-18(9-7-17)12-2-4-13(5-3-12)19(20)21/h2-5H,6-10H2,1H3. The Kier molecular flexibility index (Phi) is 4.01. The second-order valence-corrected chi connectivity index (χ2v) is 5.25. The normalized spacial score (nSPS) is 16.0. The fraction of sp³-hybridized carbons (Fsp3) is 0.429. The number of anilines is 1. The molecule has 22 heavy (non-hydrogen) atoms. The van der Waals surface area contributed by atoms with Crippen LogP contribution in [-0.2, 0) is 6.54 Å². The van der Waals surface area contributed by atoms with Crippen LogP contribution in [0.3, 0.4) is 0 Å². The predicted molar refractivity (Wildman–Crippen MR) is 79.6 cm³/mol. The molecule has 8 heteroatoms. The molecule has 0 unspecified atom stereocenters. The number of aryl methyl sites for hydroxylation is 1. The van der Waals surface area contributed by atoms with Crippen molar-refractivity contribution in [3.05, 3.63) is 46.2 Å².